The molecule has 0 fully saturated rings. The van der Waals surface area contributed by atoms with E-state index in [1.54, 1.807) is 14.2 Å². The first-order valence-electron chi connectivity index (χ1n) is 9.48. The zero-order chi connectivity index (χ0) is 20.4. The summed E-state index contributed by atoms with van der Waals surface area (Å²) in [5, 5.41) is 0. The molecule has 0 saturated carbocycles. The van der Waals surface area contributed by atoms with Crippen LogP contribution in [-0.2, 0) is 6.42 Å². The standard InChI is InChI=1S/C24H22BrNO3/c1-28-21-14-17-11-12-26(24(27)18-9-6-10-19(25)13-18)23(16-7-4-3-5-8-16)20(17)15-22(21)29-2/h3-10,13-15,23H,11-12H2,1-2H3. The zero-order valence-electron chi connectivity index (χ0n) is 16.4. The van der Waals surface area contributed by atoms with Gasteiger partial charge in [0.25, 0.3) is 5.91 Å². The predicted octanol–water partition coefficient (Wildman–Crippen LogP) is 5.25. The molecule has 4 nitrogen and oxygen atoms in total. The number of hydrogen-bond acceptors (Lipinski definition) is 3. The molecule has 29 heavy (non-hydrogen) atoms. The molecule has 0 saturated heterocycles. The van der Waals surface area contributed by atoms with Gasteiger partial charge in [-0.15, -0.1) is 0 Å². The number of benzene rings is 3. The minimum Gasteiger partial charge on any atom is -0.493 e. The van der Waals surface area contributed by atoms with E-state index < -0.39 is 0 Å². The van der Waals surface area contributed by atoms with Crippen molar-refractivity contribution >= 4 is 21.8 Å². The van der Waals surface area contributed by atoms with Crippen molar-refractivity contribution in [2.45, 2.75) is 12.5 Å². The number of carbonyl (C=O) groups excluding carboxylic acids is 1. The third kappa shape index (κ3) is 3.75. The van der Waals surface area contributed by atoms with Crippen molar-refractivity contribution in [2.24, 2.45) is 0 Å². The maximum Gasteiger partial charge on any atom is 0.254 e. The monoisotopic (exact) mass is 451 g/mol. The van der Waals surface area contributed by atoms with Crippen molar-refractivity contribution in [1.29, 1.82) is 0 Å². The molecule has 0 aliphatic carbocycles. The van der Waals surface area contributed by atoms with E-state index in [4.69, 9.17) is 9.47 Å². The summed E-state index contributed by atoms with van der Waals surface area (Å²) in [6, 6.07) is 21.5. The van der Waals surface area contributed by atoms with Gasteiger partial charge in [-0.3, -0.25) is 4.79 Å². The third-order valence-electron chi connectivity index (χ3n) is 5.32. The lowest BCUT2D eigenvalue weighted by atomic mass is 9.87. The van der Waals surface area contributed by atoms with E-state index in [0.717, 1.165) is 22.0 Å². The van der Waals surface area contributed by atoms with Crippen LogP contribution in [0.3, 0.4) is 0 Å². The van der Waals surface area contributed by atoms with Crippen LogP contribution in [0, 0.1) is 0 Å². The largest absolute Gasteiger partial charge is 0.493 e. The number of carbonyl (C=O) groups is 1. The molecule has 0 radical (unpaired) electrons. The topological polar surface area (TPSA) is 38.8 Å². The number of nitrogens with zero attached hydrogens (tertiary/aromatic N) is 1. The number of methoxy groups -OCH3 is 2. The average Bonchev–Trinajstić information content (AvgIpc) is 2.77. The van der Waals surface area contributed by atoms with Crippen LogP contribution in [0.2, 0.25) is 0 Å². The highest BCUT2D eigenvalue weighted by Crippen LogP contribution is 2.41. The van der Waals surface area contributed by atoms with Gasteiger partial charge in [-0.1, -0.05) is 52.3 Å². The zero-order valence-corrected chi connectivity index (χ0v) is 18.0. The van der Waals surface area contributed by atoms with Gasteiger partial charge in [0, 0.05) is 16.6 Å². The van der Waals surface area contributed by atoms with E-state index in [1.807, 2.05) is 59.5 Å². The Labute approximate surface area is 179 Å². The van der Waals surface area contributed by atoms with Crippen LogP contribution < -0.4 is 9.47 Å². The summed E-state index contributed by atoms with van der Waals surface area (Å²) in [6.07, 6.45) is 0.763. The van der Waals surface area contributed by atoms with Crippen LogP contribution in [0.1, 0.15) is 33.1 Å². The first-order valence-corrected chi connectivity index (χ1v) is 10.3. The number of fused-ring (bicyclic) bond motifs is 1. The summed E-state index contributed by atoms with van der Waals surface area (Å²) in [5.74, 6) is 1.40. The van der Waals surface area contributed by atoms with Crippen molar-refractivity contribution < 1.29 is 14.3 Å². The number of halogens is 1. The molecule has 0 N–H and O–H groups in total. The molecule has 1 amide bonds. The molecule has 0 spiro atoms. The second kappa shape index (κ2) is 8.29. The predicted molar refractivity (Wildman–Crippen MR) is 117 cm³/mol. The van der Waals surface area contributed by atoms with Crippen molar-refractivity contribution in [3.8, 4) is 11.5 Å². The number of ether oxygens (including phenoxy) is 2. The molecular formula is C24H22BrNO3. The van der Waals surface area contributed by atoms with Gasteiger partial charge in [0.1, 0.15) is 0 Å². The Morgan fingerprint density at radius 3 is 2.38 bits per heavy atom. The van der Waals surface area contributed by atoms with E-state index in [1.165, 1.54) is 5.56 Å². The molecule has 1 unspecified atom stereocenters. The summed E-state index contributed by atoms with van der Waals surface area (Å²) in [4.78, 5) is 15.4. The smallest absolute Gasteiger partial charge is 0.254 e. The SMILES string of the molecule is COc1cc2c(cc1OC)C(c1ccccc1)N(C(=O)c1cccc(Br)c1)CC2. The molecule has 1 atom stereocenters. The lowest BCUT2D eigenvalue weighted by Crippen LogP contribution is -2.40. The molecule has 5 heteroatoms. The van der Waals surface area contributed by atoms with Crippen LogP contribution in [0.25, 0.3) is 0 Å². The Kier molecular flexibility index (Phi) is 5.58. The summed E-state index contributed by atoms with van der Waals surface area (Å²) in [6.45, 7) is 0.632. The van der Waals surface area contributed by atoms with Crippen molar-refractivity contribution in [3.63, 3.8) is 0 Å². The molecule has 3 aromatic rings. The second-order valence-electron chi connectivity index (χ2n) is 6.98. The summed E-state index contributed by atoms with van der Waals surface area (Å²) >= 11 is 3.47. The maximum atomic E-state index is 13.5. The fourth-order valence-electron chi connectivity index (χ4n) is 3.95. The molecule has 148 valence electrons. The molecule has 3 aromatic carbocycles. The molecule has 0 aromatic heterocycles. The van der Waals surface area contributed by atoms with Crippen LogP contribution in [-0.4, -0.2) is 31.6 Å². The number of amides is 1. The summed E-state index contributed by atoms with van der Waals surface area (Å²) in [7, 11) is 3.28. The van der Waals surface area contributed by atoms with Gasteiger partial charge in [-0.2, -0.15) is 0 Å². The summed E-state index contributed by atoms with van der Waals surface area (Å²) in [5.41, 5.74) is 3.99. The van der Waals surface area contributed by atoms with E-state index in [9.17, 15) is 4.79 Å². The van der Waals surface area contributed by atoms with Crippen molar-refractivity contribution in [1.82, 2.24) is 4.90 Å². The second-order valence-corrected chi connectivity index (χ2v) is 7.89. The van der Waals surface area contributed by atoms with Crippen molar-refractivity contribution in [3.05, 3.63) is 93.5 Å². The first-order chi connectivity index (χ1) is 14.1. The minimum atomic E-state index is -0.189. The molecule has 1 aliphatic heterocycles. The van der Waals surface area contributed by atoms with Crippen LogP contribution >= 0.6 is 15.9 Å². The maximum absolute atomic E-state index is 13.5. The Balaban J connectivity index is 1.84. The Hall–Kier alpha value is -2.79. The first kappa shape index (κ1) is 19.5. The highest BCUT2D eigenvalue weighted by atomic mass is 79.9. The minimum absolute atomic E-state index is 0.0144. The van der Waals surface area contributed by atoms with E-state index in [2.05, 4.69) is 28.1 Å². The number of hydrogen-bond donors (Lipinski definition) is 0. The van der Waals surface area contributed by atoms with Crippen LogP contribution in [0.4, 0.5) is 0 Å². The van der Waals surface area contributed by atoms with Crippen LogP contribution in [0.5, 0.6) is 11.5 Å². The fraction of sp³-hybridized carbons (Fsp3) is 0.208. The van der Waals surface area contributed by atoms with E-state index in [0.29, 0.717) is 23.6 Å². The third-order valence-corrected chi connectivity index (χ3v) is 5.81. The van der Waals surface area contributed by atoms with Crippen LogP contribution in [0.15, 0.2) is 71.2 Å². The van der Waals surface area contributed by atoms with E-state index in [-0.39, 0.29) is 11.9 Å². The molecule has 1 heterocycles. The molecule has 4 rings (SSSR count). The van der Waals surface area contributed by atoms with Gasteiger partial charge in [-0.25, -0.2) is 0 Å². The molecular weight excluding hydrogens is 430 g/mol. The fourth-order valence-corrected chi connectivity index (χ4v) is 4.35. The van der Waals surface area contributed by atoms with Gasteiger partial charge in [0.15, 0.2) is 11.5 Å². The lowest BCUT2D eigenvalue weighted by molar-refractivity contribution is 0.0694. The Bertz CT molecular complexity index is 1040. The van der Waals surface area contributed by atoms with Gasteiger partial charge in [-0.05, 0) is 53.4 Å². The van der Waals surface area contributed by atoms with Gasteiger partial charge < -0.3 is 14.4 Å². The average molecular weight is 452 g/mol. The quantitative estimate of drug-likeness (QED) is 0.543. The van der Waals surface area contributed by atoms with Gasteiger partial charge in [0.2, 0.25) is 0 Å². The highest BCUT2D eigenvalue weighted by Gasteiger charge is 2.33. The molecule has 1 aliphatic rings. The molecule has 0 bridgehead atoms. The van der Waals surface area contributed by atoms with Gasteiger partial charge in [0.05, 0.1) is 20.3 Å². The highest BCUT2D eigenvalue weighted by molar-refractivity contribution is 9.10. The summed E-state index contributed by atoms with van der Waals surface area (Å²) < 4.78 is 11.9. The normalized spacial score (nSPS) is 15.6. The number of rotatable bonds is 4. The lowest BCUT2D eigenvalue weighted by Gasteiger charge is -2.38. The van der Waals surface area contributed by atoms with E-state index >= 15 is 0 Å². The van der Waals surface area contributed by atoms with Crippen molar-refractivity contribution in [2.75, 3.05) is 20.8 Å². The Morgan fingerprint density at radius 2 is 1.69 bits per heavy atom. The Morgan fingerprint density at radius 1 is 0.966 bits per heavy atom. The van der Waals surface area contributed by atoms with Gasteiger partial charge >= 0.3 is 0 Å².